The highest BCUT2D eigenvalue weighted by Gasteiger charge is 2.06. The van der Waals surface area contributed by atoms with E-state index in [0.29, 0.717) is 5.58 Å². The van der Waals surface area contributed by atoms with Crippen molar-refractivity contribution >= 4 is 29.3 Å². The molecule has 4 heteroatoms. The molecule has 0 saturated carbocycles. The predicted molar refractivity (Wildman–Crippen MR) is 52.0 cm³/mol. The number of carbonyl (C=O) groups excluding carboxylic acids is 1. The Balaban J connectivity index is 0.000000845. The van der Waals surface area contributed by atoms with Crippen LogP contribution in [0.2, 0.25) is 0 Å². The fourth-order valence-electron chi connectivity index (χ4n) is 1.10. The van der Waals surface area contributed by atoms with Gasteiger partial charge in [0.05, 0.1) is 0 Å². The Labute approximate surface area is 80.9 Å². The van der Waals surface area contributed by atoms with Crippen molar-refractivity contribution in [1.29, 1.82) is 0 Å². The summed E-state index contributed by atoms with van der Waals surface area (Å²) in [5.41, 5.74) is 5.73. The summed E-state index contributed by atoms with van der Waals surface area (Å²) in [7, 11) is 0. The smallest absolute Gasteiger partial charge is 0.284 e. The molecule has 0 radical (unpaired) electrons. The van der Waals surface area contributed by atoms with Gasteiger partial charge in [-0.05, 0) is 12.1 Å². The maximum Gasteiger partial charge on any atom is 0.284 e. The fourth-order valence-corrected chi connectivity index (χ4v) is 1.10. The molecular formula is C9H8ClNO2. The Kier molecular flexibility index (Phi) is 2.58. The number of furan rings is 1. The summed E-state index contributed by atoms with van der Waals surface area (Å²) in [6.07, 6.45) is 0. The standard InChI is InChI=1S/C9H7NO2.ClH/c10-9(11)8-5-6-3-1-2-4-7(6)12-8;/h1-5H,(H2,10,11);1H. The number of nitrogens with two attached hydrogens (primary N) is 1. The number of fused-ring (bicyclic) bond motifs is 1. The highest BCUT2D eigenvalue weighted by atomic mass is 35.5. The van der Waals surface area contributed by atoms with E-state index in [-0.39, 0.29) is 18.2 Å². The minimum atomic E-state index is -0.536. The maximum atomic E-state index is 10.7. The van der Waals surface area contributed by atoms with Crippen LogP contribution in [0.5, 0.6) is 0 Å². The van der Waals surface area contributed by atoms with Gasteiger partial charge in [-0.3, -0.25) is 4.79 Å². The first-order valence-electron chi connectivity index (χ1n) is 3.56. The molecule has 2 rings (SSSR count). The highest BCUT2D eigenvalue weighted by Crippen LogP contribution is 2.17. The largest absolute Gasteiger partial charge is 0.451 e. The van der Waals surface area contributed by atoms with Crippen LogP contribution in [-0.2, 0) is 0 Å². The van der Waals surface area contributed by atoms with Crippen LogP contribution in [0.1, 0.15) is 10.6 Å². The van der Waals surface area contributed by atoms with Crippen LogP contribution in [0.3, 0.4) is 0 Å². The minimum Gasteiger partial charge on any atom is -0.451 e. The van der Waals surface area contributed by atoms with Gasteiger partial charge < -0.3 is 10.2 Å². The third-order valence-corrected chi connectivity index (χ3v) is 1.67. The average Bonchev–Trinajstić information content (AvgIpc) is 2.46. The number of amides is 1. The first-order chi connectivity index (χ1) is 5.77. The van der Waals surface area contributed by atoms with Crippen molar-refractivity contribution in [2.45, 2.75) is 0 Å². The van der Waals surface area contributed by atoms with Gasteiger partial charge in [0.1, 0.15) is 5.58 Å². The summed E-state index contributed by atoms with van der Waals surface area (Å²) in [5.74, 6) is -0.331. The van der Waals surface area contributed by atoms with Gasteiger partial charge in [-0.15, -0.1) is 12.4 Å². The molecule has 0 aliphatic rings. The molecule has 0 bridgehead atoms. The average molecular weight is 198 g/mol. The van der Waals surface area contributed by atoms with Crippen molar-refractivity contribution in [1.82, 2.24) is 0 Å². The van der Waals surface area contributed by atoms with Crippen LogP contribution in [0, 0.1) is 0 Å². The van der Waals surface area contributed by atoms with Crippen molar-refractivity contribution in [3.8, 4) is 0 Å². The Hall–Kier alpha value is -1.48. The summed E-state index contributed by atoms with van der Waals surface area (Å²) < 4.78 is 5.15. The number of benzene rings is 1. The second-order valence-corrected chi connectivity index (χ2v) is 2.51. The van der Waals surface area contributed by atoms with Gasteiger partial charge >= 0.3 is 0 Å². The summed E-state index contributed by atoms with van der Waals surface area (Å²) in [4.78, 5) is 10.7. The first kappa shape index (κ1) is 9.61. The van der Waals surface area contributed by atoms with Crippen molar-refractivity contribution in [3.05, 3.63) is 36.1 Å². The normalized spacial score (nSPS) is 9.54. The number of halogens is 1. The molecule has 0 spiro atoms. The number of rotatable bonds is 1. The number of hydrogen-bond acceptors (Lipinski definition) is 2. The van der Waals surface area contributed by atoms with Gasteiger partial charge in [-0.1, -0.05) is 18.2 Å². The van der Waals surface area contributed by atoms with Crippen LogP contribution >= 0.6 is 12.4 Å². The van der Waals surface area contributed by atoms with Crippen LogP contribution in [0.4, 0.5) is 0 Å². The van der Waals surface area contributed by atoms with E-state index in [1.165, 1.54) is 0 Å². The van der Waals surface area contributed by atoms with Crippen LogP contribution in [0.25, 0.3) is 11.0 Å². The molecule has 1 aromatic heterocycles. The Morgan fingerprint density at radius 1 is 1.31 bits per heavy atom. The predicted octanol–water partition coefficient (Wildman–Crippen LogP) is 1.95. The SMILES string of the molecule is Cl.NC(=O)c1cc2ccccc2o1. The third kappa shape index (κ3) is 1.65. The molecule has 1 heterocycles. The van der Waals surface area contributed by atoms with Crippen molar-refractivity contribution in [3.63, 3.8) is 0 Å². The zero-order chi connectivity index (χ0) is 8.55. The Bertz CT molecular complexity index is 403. The minimum absolute atomic E-state index is 0. The number of primary amides is 1. The lowest BCUT2D eigenvalue weighted by Gasteiger charge is -1.83. The monoisotopic (exact) mass is 197 g/mol. The maximum absolute atomic E-state index is 10.7. The summed E-state index contributed by atoms with van der Waals surface area (Å²) in [6.45, 7) is 0. The Morgan fingerprint density at radius 2 is 2.00 bits per heavy atom. The van der Waals surface area contributed by atoms with Gasteiger partial charge in [-0.25, -0.2) is 0 Å². The van der Waals surface area contributed by atoms with Gasteiger partial charge in [-0.2, -0.15) is 0 Å². The van der Waals surface area contributed by atoms with E-state index in [1.807, 2.05) is 18.2 Å². The molecule has 0 saturated heterocycles. The van der Waals surface area contributed by atoms with Crippen LogP contribution < -0.4 is 5.73 Å². The lowest BCUT2D eigenvalue weighted by molar-refractivity contribution is 0.0976. The van der Waals surface area contributed by atoms with Gasteiger partial charge in [0, 0.05) is 5.39 Å². The zero-order valence-electron chi connectivity index (χ0n) is 6.69. The van der Waals surface area contributed by atoms with E-state index in [0.717, 1.165) is 5.39 Å². The van der Waals surface area contributed by atoms with Gasteiger partial charge in [0.25, 0.3) is 5.91 Å². The summed E-state index contributed by atoms with van der Waals surface area (Å²) in [6, 6.07) is 9.02. The second-order valence-electron chi connectivity index (χ2n) is 2.51. The molecular weight excluding hydrogens is 190 g/mol. The molecule has 0 atom stereocenters. The topological polar surface area (TPSA) is 56.2 Å². The lowest BCUT2D eigenvalue weighted by atomic mass is 10.2. The fraction of sp³-hybridized carbons (Fsp3) is 0. The quantitative estimate of drug-likeness (QED) is 0.760. The van der Waals surface area contributed by atoms with E-state index < -0.39 is 5.91 Å². The summed E-state index contributed by atoms with van der Waals surface area (Å²) in [5, 5.41) is 0.895. The molecule has 1 amide bonds. The molecule has 3 nitrogen and oxygen atoms in total. The number of para-hydroxylation sites is 1. The van der Waals surface area contributed by atoms with Crippen LogP contribution in [0.15, 0.2) is 34.7 Å². The molecule has 13 heavy (non-hydrogen) atoms. The summed E-state index contributed by atoms with van der Waals surface area (Å²) >= 11 is 0. The van der Waals surface area contributed by atoms with Crippen LogP contribution in [-0.4, -0.2) is 5.91 Å². The molecule has 2 aromatic rings. The number of carbonyl (C=O) groups is 1. The van der Waals surface area contributed by atoms with Crippen molar-refractivity contribution < 1.29 is 9.21 Å². The van der Waals surface area contributed by atoms with Crippen molar-refractivity contribution in [2.24, 2.45) is 5.73 Å². The van der Waals surface area contributed by atoms with Gasteiger partial charge in [0.15, 0.2) is 5.76 Å². The lowest BCUT2D eigenvalue weighted by Crippen LogP contribution is -2.08. The molecule has 2 N–H and O–H groups in total. The van der Waals surface area contributed by atoms with E-state index in [2.05, 4.69) is 0 Å². The van der Waals surface area contributed by atoms with E-state index >= 15 is 0 Å². The van der Waals surface area contributed by atoms with E-state index in [9.17, 15) is 4.79 Å². The van der Waals surface area contributed by atoms with E-state index in [4.69, 9.17) is 10.2 Å². The zero-order valence-corrected chi connectivity index (χ0v) is 7.51. The number of hydrogen-bond donors (Lipinski definition) is 1. The highest BCUT2D eigenvalue weighted by molar-refractivity contribution is 5.94. The molecule has 0 aliphatic heterocycles. The van der Waals surface area contributed by atoms with Crippen molar-refractivity contribution in [2.75, 3.05) is 0 Å². The molecule has 0 fully saturated rings. The molecule has 0 unspecified atom stereocenters. The first-order valence-corrected chi connectivity index (χ1v) is 3.56. The second kappa shape index (κ2) is 3.49. The van der Waals surface area contributed by atoms with Gasteiger partial charge in [0.2, 0.25) is 0 Å². The molecule has 68 valence electrons. The molecule has 0 aliphatic carbocycles. The third-order valence-electron chi connectivity index (χ3n) is 1.67. The van der Waals surface area contributed by atoms with E-state index in [1.54, 1.807) is 12.1 Å². The Morgan fingerprint density at radius 3 is 2.62 bits per heavy atom. The molecule has 1 aromatic carbocycles.